The van der Waals surface area contributed by atoms with E-state index < -0.39 is 12.0 Å². The Bertz CT molecular complexity index is 460. The van der Waals surface area contributed by atoms with Gasteiger partial charge in [0, 0.05) is 6.54 Å². The first-order valence-electron chi connectivity index (χ1n) is 6.16. The fraction of sp³-hybridized carbons (Fsp3) is 0.429. The molecule has 5 heteroatoms. The summed E-state index contributed by atoms with van der Waals surface area (Å²) in [5, 5.41) is 11.6. The molecule has 0 aliphatic rings. The summed E-state index contributed by atoms with van der Waals surface area (Å²) in [6, 6.07) is 7.14. The number of hydrogen-bond donors (Lipinski definition) is 2. The van der Waals surface area contributed by atoms with Gasteiger partial charge < -0.3 is 10.4 Å². The number of aryl methyl sites for hydroxylation is 1. The molecule has 0 saturated heterocycles. The molecule has 1 rings (SSSR count). The van der Waals surface area contributed by atoms with E-state index in [1.54, 1.807) is 14.0 Å². The SMILES string of the molecule is Cc1ccccc1CNC(=O)CN(C)C(C)C(=O)O. The smallest absolute Gasteiger partial charge is 0.320 e. The van der Waals surface area contributed by atoms with E-state index in [1.165, 1.54) is 4.90 Å². The first-order chi connectivity index (χ1) is 8.91. The van der Waals surface area contributed by atoms with Crippen molar-refractivity contribution in [2.75, 3.05) is 13.6 Å². The predicted molar refractivity (Wildman–Crippen MR) is 72.8 cm³/mol. The van der Waals surface area contributed by atoms with E-state index in [1.807, 2.05) is 31.2 Å². The lowest BCUT2D eigenvalue weighted by Gasteiger charge is -2.20. The minimum Gasteiger partial charge on any atom is -0.480 e. The second-order valence-electron chi connectivity index (χ2n) is 4.63. The highest BCUT2D eigenvalue weighted by molar-refractivity contribution is 5.79. The molecule has 0 aliphatic heterocycles. The lowest BCUT2D eigenvalue weighted by atomic mass is 10.1. The molecule has 0 aliphatic carbocycles. The first kappa shape index (κ1) is 15.2. The van der Waals surface area contributed by atoms with E-state index in [0.717, 1.165) is 11.1 Å². The Morgan fingerprint density at radius 2 is 2.00 bits per heavy atom. The van der Waals surface area contributed by atoms with Crippen molar-refractivity contribution in [2.45, 2.75) is 26.4 Å². The van der Waals surface area contributed by atoms with Crippen LogP contribution in [0.3, 0.4) is 0 Å². The Morgan fingerprint density at radius 3 is 2.58 bits per heavy atom. The molecule has 0 spiro atoms. The average Bonchev–Trinajstić information content (AvgIpc) is 2.36. The minimum atomic E-state index is -0.936. The lowest BCUT2D eigenvalue weighted by molar-refractivity contribution is -0.142. The van der Waals surface area contributed by atoms with Crippen LogP contribution in [0.5, 0.6) is 0 Å². The molecule has 0 radical (unpaired) electrons. The largest absolute Gasteiger partial charge is 0.480 e. The molecular formula is C14H20N2O3. The summed E-state index contributed by atoms with van der Waals surface area (Å²) in [5.74, 6) is -1.12. The highest BCUT2D eigenvalue weighted by Gasteiger charge is 2.18. The Labute approximate surface area is 113 Å². The van der Waals surface area contributed by atoms with E-state index in [0.29, 0.717) is 6.54 Å². The molecular weight excluding hydrogens is 244 g/mol. The van der Waals surface area contributed by atoms with Crippen molar-refractivity contribution in [3.8, 4) is 0 Å². The number of nitrogens with one attached hydrogen (secondary N) is 1. The highest BCUT2D eigenvalue weighted by atomic mass is 16.4. The van der Waals surface area contributed by atoms with Crippen LogP contribution in [0.15, 0.2) is 24.3 Å². The van der Waals surface area contributed by atoms with Crippen molar-refractivity contribution >= 4 is 11.9 Å². The van der Waals surface area contributed by atoms with E-state index in [9.17, 15) is 9.59 Å². The predicted octanol–water partition coefficient (Wildman–Crippen LogP) is 1.02. The van der Waals surface area contributed by atoms with Crippen LogP contribution in [0.25, 0.3) is 0 Å². The van der Waals surface area contributed by atoms with Crippen LogP contribution in [0.2, 0.25) is 0 Å². The summed E-state index contributed by atoms with van der Waals surface area (Å²) in [4.78, 5) is 24.0. The fourth-order valence-electron chi connectivity index (χ4n) is 1.61. The second kappa shape index (κ2) is 6.89. The number of carboxylic acid groups (broad SMARTS) is 1. The molecule has 104 valence electrons. The second-order valence-corrected chi connectivity index (χ2v) is 4.63. The summed E-state index contributed by atoms with van der Waals surface area (Å²) >= 11 is 0. The Balaban J connectivity index is 2.44. The van der Waals surface area contributed by atoms with Gasteiger partial charge in [-0.3, -0.25) is 14.5 Å². The van der Waals surface area contributed by atoms with Crippen molar-refractivity contribution in [3.05, 3.63) is 35.4 Å². The van der Waals surface area contributed by atoms with Gasteiger partial charge in [0.15, 0.2) is 0 Å². The third-order valence-electron chi connectivity index (χ3n) is 3.15. The molecule has 0 saturated carbocycles. The number of likely N-dealkylation sites (N-methyl/N-ethyl adjacent to an activating group) is 1. The molecule has 5 nitrogen and oxygen atoms in total. The molecule has 0 fully saturated rings. The van der Waals surface area contributed by atoms with Gasteiger partial charge >= 0.3 is 5.97 Å². The van der Waals surface area contributed by atoms with Crippen LogP contribution in [0.1, 0.15) is 18.1 Å². The zero-order chi connectivity index (χ0) is 14.4. The van der Waals surface area contributed by atoms with Crippen LogP contribution >= 0.6 is 0 Å². The standard InChI is InChI=1S/C14H20N2O3/c1-10-6-4-5-7-12(10)8-15-13(17)9-16(3)11(2)14(18)19/h4-7,11H,8-9H2,1-3H3,(H,15,17)(H,18,19). The van der Waals surface area contributed by atoms with Gasteiger partial charge in [0.05, 0.1) is 6.54 Å². The first-order valence-corrected chi connectivity index (χ1v) is 6.16. The maximum Gasteiger partial charge on any atom is 0.320 e. The third-order valence-corrected chi connectivity index (χ3v) is 3.15. The van der Waals surface area contributed by atoms with Crippen molar-refractivity contribution in [1.82, 2.24) is 10.2 Å². The summed E-state index contributed by atoms with van der Waals surface area (Å²) in [6.45, 7) is 4.07. The molecule has 0 aromatic heterocycles. The van der Waals surface area contributed by atoms with E-state index >= 15 is 0 Å². The molecule has 1 aromatic carbocycles. The normalized spacial score (nSPS) is 12.2. The van der Waals surface area contributed by atoms with E-state index in [4.69, 9.17) is 5.11 Å². The summed E-state index contributed by atoms with van der Waals surface area (Å²) in [7, 11) is 1.62. The highest BCUT2D eigenvalue weighted by Crippen LogP contribution is 2.06. The molecule has 19 heavy (non-hydrogen) atoms. The van der Waals surface area contributed by atoms with Gasteiger partial charge in [-0.25, -0.2) is 0 Å². The lowest BCUT2D eigenvalue weighted by Crippen LogP contribution is -2.42. The van der Waals surface area contributed by atoms with Crippen LogP contribution < -0.4 is 5.32 Å². The van der Waals surface area contributed by atoms with Crippen LogP contribution in [0.4, 0.5) is 0 Å². The summed E-state index contributed by atoms with van der Waals surface area (Å²) < 4.78 is 0. The van der Waals surface area contributed by atoms with Gasteiger partial charge in [-0.2, -0.15) is 0 Å². The fourth-order valence-corrected chi connectivity index (χ4v) is 1.61. The molecule has 1 unspecified atom stereocenters. The maximum absolute atomic E-state index is 11.7. The molecule has 1 amide bonds. The van der Waals surface area contributed by atoms with Crippen molar-refractivity contribution < 1.29 is 14.7 Å². The number of carboxylic acids is 1. The third kappa shape index (κ3) is 4.71. The van der Waals surface area contributed by atoms with Gasteiger partial charge in [0.25, 0.3) is 0 Å². The molecule has 1 atom stereocenters. The van der Waals surface area contributed by atoms with Gasteiger partial charge in [-0.05, 0) is 32.0 Å². The number of hydrogen-bond acceptors (Lipinski definition) is 3. The minimum absolute atomic E-state index is 0.0688. The Hall–Kier alpha value is -1.88. The maximum atomic E-state index is 11.7. The number of carbonyl (C=O) groups excluding carboxylic acids is 1. The topological polar surface area (TPSA) is 69.6 Å². The summed E-state index contributed by atoms with van der Waals surface area (Å²) in [5.41, 5.74) is 2.18. The van der Waals surface area contributed by atoms with Crippen molar-refractivity contribution in [1.29, 1.82) is 0 Å². The van der Waals surface area contributed by atoms with Crippen LogP contribution in [-0.4, -0.2) is 41.5 Å². The van der Waals surface area contributed by atoms with E-state index in [2.05, 4.69) is 5.32 Å². The number of aliphatic carboxylic acids is 1. The van der Waals surface area contributed by atoms with Gasteiger partial charge in [-0.1, -0.05) is 24.3 Å². The van der Waals surface area contributed by atoms with Crippen LogP contribution in [-0.2, 0) is 16.1 Å². The van der Waals surface area contributed by atoms with Gasteiger partial charge in [0.2, 0.25) is 5.91 Å². The number of carbonyl (C=O) groups is 2. The van der Waals surface area contributed by atoms with Crippen molar-refractivity contribution in [2.24, 2.45) is 0 Å². The molecule has 0 heterocycles. The molecule has 2 N–H and O–H groups in total. The van der Waals surface area contributed by atoms with Crippen molar-refractivity contribution in [3.63, 3.8) is 0 Å². The van der Waals surface area contributed by atoms with Crippen LogP contribution in [0, 0.1) is 6.92 Å². The number of amides is 1. The number of rotatable bonds is 6. The monoisotopic (exact) mass is 264 g/mol. The molecule has 0 bridgehead atoms. The quantitative estimate of drug-likeness (QED) is 0.804. The van der Waals surface area contributed by atoms with Gasteiger partial charge in [-0.15, -0.1) is 0 Å². The van der Waals surface area contributed by atoms with E-state index in [-0.39, 0.29) is 12.5 Å². The average molecular weight is 264 g/mol. The summed E-state index contributed by atoms with van der Waals surface area (Å²) in [6.07, 6.45) is 0. The van der Waals surface area contributed by atoms with Gasteiger partial charge in [0.1, 0.15) is 6.04 Å². The zero-order valence-corrected chi connectivity index (χ0v) is 11.5. The Kier molecular flexibility index (Phi) is 5.51. The number of nitrogens with zero attached hydrogens (tertiary/aromatic N) is 1. The number of benzene rings is 1. The Morgan fingerprint density at radius 1 is 1.37 bits per heavy atom. The zero-order valence-electron chi connectivity index (χ0n) is 11.5. The molecule has 1 aromatic rings.